The van der Waals surface area contributed by atoms with Crippen LogP contribution in [0.2, 0.25) is 10.0 Å². The van der Waals surface area contributed by atoms with Gasteiger partial charge in [0.2, 0.25) is 0 Å². The summed E-state index contributed by atoms with van der Waals surface area (Å²) in [5.41, 5.74) is 2.62. The Bertz CT molecular complexity index is 414. The second kappa shape index (κ2) is 6.88. The van der Waals surface area contributed by atoms with Crippen molar-refractivity contribution in [1.29, 1.82) is 0 Å². The smallest absolute Gasteiger partial charge is 0.0426 e. The van der Waals surface area contributed by atoms with Crippen molar-refractivity contribution in [1.82, 2.24) is 0 Å². The topological polar surface area (TPSA) is 0 Å². The van der Waals surface area contributed by atoms with Crippen LogP contribution in [0.3, 0.4) is 0 Å². The molecule has 0 N–H and O–H groups in total. The van der Waals surface area contributed by atoms with Crippen LogP contribution in [0.25, 0.3) is 5.57 Å². The SMILES string of the molecule is CCC(C)(CC)C(=CSC)c1cc(Cl)cc(Cl)c1. The number of rotatable bonds is 5. The highest BCUT2D eigenvalue weighted by Crippen LogP contribution is 2.43. The molecule has 18 heavy (non-hydrogen) atoms. The van der Waals surface area contributed by atoms with Crippen LogP contribution in [0.15, 0.2) is 23.6 Å². The highest BCUT2D eigenvalue weighted by Gasteiger charge is 2.26. The number of hydrogen-bond donors (Lipinski definition) is 0. The molecule has 0 radical (unpaired) electrons. The molecule has 0 aliphatic heterocycles. The molecular weight excluding hydrogens is 283 g/mol. The van der Waals surface area contributed by atoms with E-state index in [1.807, 2.05) is 12.1 Å². The number of allylic oxidation sites excluding steroid dienone is 1. The fourth-order valence-corrected chi connectivity index (χ4v) is 3.20. The largest absolute Gasteiger partial charge is 0.137 e. The molecule has 0 aromatic heterocycles. The Morgan fingerprint density at radius 2 is 1.67 bits per heavy atom. The van der Waals surface area contributed by atoms with Gasteiger partial charge in [0, 0.05) is 10.0 Å². The van der Waals surface area contributed by atoms with Gasteiger partial charge in [-0.15, -0.1) is 11.8 Å². The van der Waals surface area contributed by atoms with E-state index in [0.717, 1.165) is 18.4 Å². The Hall–Kier alpha value is -0.110. The lowest BCUT2D eigenvalue weighted by atomic mass is 9.75. The lowest BCUT2D eigenvalue weighted by Crippen LogP contribution is -2.16. The van der Waals surface area contributed by atoms with E-state index < -0.39 is 0 Å². The third-order valence-corrected chi connectivity index (χ3v) is 4.53. The van der Waals surface area contributed by atoms with Crippen molar-refractivity contribution in [3.8, 4) is 0 Å². The monoisotopic (exact) mass is 302 g/mol. The molecule has 0 bridgehead atoms. The Morgan fingerprint density at radius 1 is 1.17 bits per heavy atom. The van der Waals surface area contributed by atoms with Gasteiger partial charge in [0.15, 0.2) is 0 Å². The molecule has 0 aliphatic carbocycles. The summed E-state index contributed by atoms with van der Waals surface area (Å²) in [6.45, 7) is 6.75. The Kier molecular flexibility index (Phi) is 6.10. The van der Waals surface area contributed by atoms with Crippen molar-refractivity contribution in [2.24, 2.45) is 5.41 Å². The first-order valence-corrected chi connectivity index (χ1v) is 8.21. The van der Waals surface area contributed by atoms with Crippen LogP contribution < -0.4 is 0 Å². The van der Waals surface area contributed by atoms with E-state index in [-0.39, 0.29) is 5.41 Å². The molecule has 0 saturated carbocycles. The second-order valence-corrected chi connectivity index (χ2v) is 6.27. The van der Waals surface area contributed by atoms with Crippen LogP contribution in [0.4, 0.5) is 0 Å². The predicted octanol–water partition coefficient (Wildman–Crippen LogP) is 6.52. The molecule has 1 aromatic rings. The summed E-state index contributed by atoms with van der Waals surface area (Å²) in [5.74, 6) is 0. The average molecular weight is 303 g/mol. The third kappa shape index (κ3) is 3.69. The summed E-state index contributed by atoms with van der Waals surface area (Å²) in [4.78, 5) is 0. The molecule has 0 spiro atoms. The molecule has 1 aromatic carbocycles. The molecule has 0 unspecified atom stereocenters. The minimum Gasteiger partial charge on any atom is -0.137 e. The van der Waals surface area contributed by atoms with Gasteiger partial charge < -0.3 is 0 Å². The van der Waals surface area contributed by atoms with Gasteiger partial charge in [-0.2, -0.15) is 0 Å². The van der Waals surface area contributed by atoms with E-state index in [1.165, 1.54) is 5.57 Å². The van der Waals surface area contributed by atoms with E-state index in [9.17, 15) is 0 Å². The molecule has 100 valence electrons. The zero-order valence-electron chi connectivity index (χ0n) is 11.4. The molecule has 0 saturated heterocycles. The second-order valence-electron chi connectivity index (χ2n) is 4.69. The van der Waals surface area contributed by atoms with Gasteiger partial charge in [0.05, 0.1) is 0 Å². The third-order valence-electron chi connectivity index (χ3n) is 3.62. The fraction of sp³-hybridized carbons (Fsp3) is 0.467. The van der Waals surface area contributed by atoms with Crippen molar-refractivity contribution in [3.63, 3.8) is 0 Å². The first kappa shape index (κ1) is 15.9. The maximum atomic E-state index is 6.11. The predicted molar refractivity (Wildman–Crippen MR) is 86.6 cm³/mol. The summed E-state index contributed by atoms with van der Waals surface area (Å²) < 4.78 is 0. The van der Waals surface area contributed by atoms with Crippen molar-refractivity contribution >= 4 is 40.5 Å². The van der Waals surface area contributed by atoms with Crippen molar-refractivity contribution in [3.05, 3.63) is 39.2 Å². The number of hydrogen-bond acceptors (Lipinski definition) is 1. The van der Waals surface area contributed by atoms with Gasteiger partial charge in [-0.25, -0.2) is 0 Å². The highest BCUT2D eigenvalue weighted by atomic mass is 35.5. The molecular formula is C15H20Cl2S. The van der Waals surface area contributed by atoms with Gasteiger partial charge in [0.1, 0.15) is 0 Å². The van der Waals surface area contributed by atoms with Gasteiger partial charge in [-0.1, -0.05) is 44.0 Å². The normalized spacial score (nSPS) is 12.9. The lowest BCUT2D eigenvalue weighted by molar-refractivity contribution is 0.415. The van der Waals surface area contributed by atoms with Gasteiger partial charge in [0.25, 0.3) is 0 Å². The molecule has 0 aliphatic rings. The minimum absolute atomic E-state index is 0.164. The zero-order chi connectivity index (χ0) is 13.8. The zero-order valence-corrected chi connectivity index (χ0v) is 13.7. The van der Waals surface area contributed by atoms with E-state index in [4.69, 9.17) is 23.2 Å². The molecule has 1 rings (SSSR count). The van der Waals surface area contributed by atoms with E-state index >= 15 is 0 Å². The van der Waals surface area contributed by atoms with Crippen molar-refractivity contribution in [2.75, 3.05) is 6.26 Å². The maximum absolute atomic E-state index is 6.11. The first-order valence-electron chi connectivity index (χ1n) is 6.16. The van der Waals surface area contributed by atoms with E-state index in [1.54, 1.807) is 17.8 Å². The van der Waals surface area contributed by atoms with Gasteiger partial charge in [-0.3, -0.25) is 0 Å². The number of benzene rings is 1. The lowest BCUT2D eigenvalue weighted by Gasteiger charge is -2.30. The molecule has 0 fully saturated rings. The van der Waals surface area contributed by atoms with E-state index in [0.29, 0.717) is 10.0 Å². The summed E-state index contributed by atoms with van der Waals surface area (Å²) in [6, 6.07) is 5.77. The Labute approximate surface area is 125 Å². The van der Waals surface area contributed by atoms with Crippen LogP contribution in [0.5, 0.6) is 0 Å². The first-order chi connectivity index (χ1) is 8.46. The minimum atomic E-state index is 0.164. The van der Waals surface area contributed by atoms with Crippen molar-refractivity contribution in [2.45, 2.75) is 33.6 Å². The van der Waals surface area contributed by atoms with E-state index in [2.05, 4.69) is 32.4 Å². The molecule has 0 amide bonds. The summed E-state index contributed by atoms with van der Waals surface area (Å²) >= 11 is 14.0. The molecule has 0 atom stereocenters. The summed E-state index contributed by atoms with van der Waals surface area (Å²) in [5, 5.41) is 3.60. The standard InChI is InChI=1S/C15H20Cl2S/c1-5-15(3,6-2)14(10-18-4)11-7-12(16)9-13(17)8-11/h7-10H,5-6H2,1-4H3. The summed E-state index contributed by atoms with van der Waals surface area (Å²) in [7, 11) is 0. The van der Waals surface area contributed by atoms with Crippen LogP contribution >= 0.6 is 35.0 Å². The van der Waals surface area contributed by atoms with Gasteiger partial charge in [-0.05, 0) is 59.3 Å². The van der Waals surface area contributed by atoms with Gasteiger partial charge >= 0.3 is 0 Å². The van der Waals surface area contributed by atoms with Crippen LogP contribution in [-0.4, -0.2) is 6.26 Å². The van der Waals surface area contributed by atoms with Crippen molar-refractivity contribution < 1.29 is 0 Å². The molecule has 0 nitrogen and oxygen atoms in total. The maximum Gasteiger partial charge on any atom is 0.0426 e. The fourth-order valence-electron chi connectivity index (χ4n) is 2.02. The molecule has 0 heterocycles. The van der Waals surface area contributed by atoms with Crippen LogP contribution in [0.1, 0.15) is 39.2 Å². The molecule has 3 heteroatoms. The average Bonchev–Trinajstić information content (AvgIpc) is 2.33. The highest BCUT2D eigenvalue weighted by molar-refractivity contribution is 8.01. The Morgan fingerprint density at radius 3 is 2.06 bits per heavy atom. The quantitative estimate of drug-likeness (QED) is 0.596. The van der Waals surface area contributed by atoms with Crippen LogP contribution in [0, 0.1) is 5.41 Å². The number of halogens is 2. The van der Waals surface area contributed by atoms with Crippen LogP contribution in [-0.2, 0) is 0 Å². The summed E-state index contributed by atoms with van der Waals surface area (Å²) in [6.07, 6.45) is 4.28. The Balaban J connectivity index is 3.33. The number of thioether (sulfide) groups is 1.